The number of benzene rings is 1. The SMILES string of the molecule is CC1(C)OC(=C2C(=O)Nc3ccccc32)C=C1N1CCOCC1. The lowest BCUT2D eigenvalue weighted by Crippen LogP contribution is -2.41. The summed E-state index contributed by atoms with van der Waals surface area (Å²) in [5.41, 5.74) is 3.03. The van der Waals surface area contributed by atoms with Gasteiger partial charge in [-0.25, -0.2) is 0 Å². The molecule has 23 heavy (non-hydrogen) atoms. The number of amides is 1. The van der Waals surface area contributed by atoms with Crippen LogP contribution in [0.5, 0.6) is 0 Å². The zero-order chi connectivity index (χ0) is 16.0. The van der Waals surface area contributed by atoms with Gasteiger partial charge in [-0.05, 0) is 19.9 Å². The Balaban J connectivity index is 1.78. The molecule has 0 radical (unpaired) electrons. The second-order valence-corrected chi connectivity index (χ2v) is 6.48. The molecule has 0 unspecified atom stereocenters. The first-order chi connectivity index (χ1) is 11.1. The zero-order valence-electron chi connectivity index (χ0n) is 13.4. The van der Waals surface area contributed by atoms with Crippen molar-refractivity contribution < 1.29 is 14.3 Å². The number of nitrogens with one attached hydrogen (secondary N) is 1. The maximum atomic E-state index is 12.4. The van der Waals surface area contributed by atoms with Gasteiger partial charge >= 0.3 is 0 Å². The van der Waals surface area contributed by atoms with Crippen molar-refractivity contribution >= 4 is 17.2 Å². The van der Waals surface area contributed by atoms with E-state index in [1.807, 2.05) is 44.2 Å². The number of morpholine rings is 1. The van der Waals surface area contributed by atoms with Gasteiger partial charge in [0, 0.05) is 30.4 Å². The summed E-state index contributed by atoms with van der Waals surface area (Å²) in [7, 11) is 0. The van der Waals surface area contributed by atoms with Crippen molar-refractivity contribution in [2.75, 3.05) is 31.6 Å². The number of allylic oxidation sites excluding steroid dienone is 1. The van der Waals surface area contributed by atoms with Crippen molar-refractivity contribution in [1.82, 2.24) is 4.90 Å². The van der Waals surface area contributed by atoms with Gasteiger partial charge in [-0.15, -0.1) is 0 Å². The summed E-state index contributed by atoms with van der Waals surface area (Å²) in [5, 5.41) is 2.91. The first-order valence-electron chi connectivity index (χ1n) is 7.95. The summed E-state index contributed by atoms with van der Waals surface area (Å²) in [6, 6.07) is 7.72. The fourth-order valence-electron chi connectivity index (χ4n) is 3.42. The minimum Gasteiger partial charge on any atom is -0.481 e. The molecule has 0 saturated carbocycles. The fraction of sp³-hybridized carbons (Fsp3) is 0.389. The number of fused-ring (bicyclic) bond motifs is 1. The molecular formula is C18H20N2O3. The minimum absolute atomic E-state index is 0.100. The Kier molecular flexibility index (Phi) is 3.20. The predicted octanol–water partition coefficient (Wildman–Crippen LogP) is 2.37. The lowest BCUT2D eigenvalue weighted by atomic mass is 10.0. The number of carbonyl (C=O) groups is 1. The molecule has 5 heteroatoms. The predicted molar refractivity (Wildman–Crippen MR) is 87.6 cm³/mol. The standard InChI is InChI=1S/C18H20N2O3/c1-18(2)15(20-7-9-22-10-8-20)11-14(23-18)16-12-5-3-4-6-13(12)19-17(16)21/h3-6,11H,7-10H2,1-2H3,(H,19,21). The van der Waals surface area contributed by atoms with Crippen LogP contribution in [0.15, 0.2) is 41.8 Å². The molecule has 0 atom stereocenters. The molecule has 0 bridgehead atoms. The van der Waals surface area contributed by atoms with E-state index in [1.54, 1.807) is 0 Å². The molecular weight excluding hydrogens is 292 g/mol. The second-order valence-electron chi connectivity index (χ2n) is 6.48. The number of rotatable bonds is 1. The van der Waals surface area contributed by atoms with Gasteiger partial charge in [-0.1, -0.05) is 18.2 Å². The molecule has 1 aromatic carbocycles. The van der Waals surface area contributed by atoms with E-state index in [4.69, 9.17) is 9.47 Å². The van der Waals surface area contributed by atoms with Crippen LogP contribution in [0.2, 0.25) is 0 Å². The fourth-order valence-corrected chi connectivity index (χ4v) is 3.42. The zero-order valence-corrected chi connectivity index (χ0v) is 13.4. The van der Waals surface area contributed by atoms with Crippen molar-refractivity contribution in [3.8, 4) is 0 Å². The topological polar surface area (TPSA) is 50.8 Å². The normalized spacial score (nSPS) is 25.7. The van der Waals surface area contributed by atoms with Crippen molar-refractivity contribution in [2.45, 2.75) is 19.4 Å². The van der Waals surface area contributed by atoms with Crippen LogP contribution in [-0.4, -0.2) is 42.7 Å². The molecule has 1 saturated heterocycles. The van der Waals surface area contributed by atoms with Gasteiger partial charge in [0.05, 0.1) is 24.5 Å². The van der Waals surface area contributed by atoms with Crippen molar-refractivity contribution in [1.29, 1.82) is 0 Å². The molecule has 0 spiro atoms. The van der Waals surface area contributed by atoms with E-state index < -0.39 is 5.60 Å². The lowest BCUT2D eigenvalue weighted by molar-refractivity contribution is -0.111. The maximum absolute atomic E-state index is 12.4. The van der Waals surface area contributed by atoms with E-state index in [2.05, 4.69) is 10.2 Å². The van der Waals surface area contributed by atoms with Crippen LogP contribution in [0.4, 0.5) is 5.69 Å². The smallest absolute Gasteiger partial charge is 0.260 e. The first-order valence-corrected chi connectivity index (χ1v) is 7.95. The van der Waals surface area contributed by atoms with E-state index in [0.717, 1.165) is 43.3 Å². The highest BCUT2D eigenvalue weighted by atomic mass is 16.5. The van der Waals surface area contributed by atoms with Crippen molar-refractivity contribution in [3.63, 3.8) is 0 Å². The molecule has 0 aromatic heterocycles. The third-order valence-corrected chi connectivity index (χ3v) is 4.52. The van der Waals surface area contributed by atoms with E-state index >= 15 is 0 Å². The Morgan fingerprint density at radius 1 is 1.17 bits per heavy atom. The average Bonchev–Trinajstić information content (AvgIpc) is 3.03. The number of anilines is 1. The van der Waals surface area contributed by atoms with Crippen LogP contribution < -0.4 is 5.32 Å². The van der Waals surface area contributed by atoms with Crippen LogP contribution in [0.25, 0.3) is 5.57 Å². The first kappa shape index (κ1) is 14.3. The monoisotopic (exact) mass is 312 g/mol. The Bertz CT molecular complexity index is 728. The number of carbonyl (C=O) groups excluding carboxylic acids is 1. The Hall–Kier alpha value is -2.27. The summed E-state index contributed by atoms with van der Waals surface area (Å²) in [5.74, 6) is 0.551. The van der Waals surface area contributed by atoms with E-state index in [0.29, 0.717) is 11.3 Å². The average molecular weight is 312 g/mol. The molecule has 120 valence electrons. The lowest BCUT2D eigenvalue weighted by Gasteiger charge is -2.35. The molecule has 3 aliphatic heterocycles. The van der Waals surface area contributed by atoms with Crippen LogP contribution in [0.3, 0.4) is 0 Å². The summed E-state index contributed by atoms with van der Waals surface area (Å²) in [6.45, 7) is 7.24. The van der Waals surface area contributed by atoms with E-state index in [-0.39, 0.29) is 5.91 Å². The van der Waals surface area contributed by atoms with E-state index in [9.17, 15) is 4.79 Å². The van der Waals surface area contributed by atoms with Gasteiger partial charge in [0.1, 0.15) is 11.4 Å². The minimum atomic E-state index is -0.447. The third kappa shape index (κ3) is 2.32. The third-order valence-electron chi connectivity index (χ3n) is 4.52. The number of nitrogens with zero attached hydrogens (tertiary/aromatic N) is 1. The van der Waals surface area contributed by atoms with Gasteiger partial charge in [-0.3, -0.25) is 4.79 Å². The molecule has 5 nitrogen and oxygen atoms in total. The molecule has 4 rings (SSSR count). The molecule has 1 fully saturated rings. The molecule has 1 N–H and O–H groups in total. The van der Waals surface area contributed by atoms with E-state index in [1.165, 1.54) is 0 Å². The van der Waals surface area contributed by atoms with Gasteiger partial charge in [0.2, 0.25) is 0 Å². The van der Waals surface area contributed by atoms with Crippen LogP contribution in [-0.2, 0) is 14.3 Å². The van der Waals surface area contributed by atoms with Gasteiger partial charge < -0.3 is 19.7 Å². The van der Waals surface area contributed by atoms with Crippen LogP contribution >= 0.6 is 0 Å². The number of para-hydroxylation sites is 1. The van der Waals surface area contributed by atoms with Crippen LogP contribution in [0, 0.1) is 0 Å². The largest absolute Gasteiger partial charge is 0.481 e. The quantitative estimate of drug-likeness (QED) is 0.809. The Labute approximate surface area is 135 Å². The highest BCUT2D eigenvalue weighted by molar-refractivity contribution is 6.32. The van der Waals surface area contributed by atoms with Crippen LogP contribution in [0.1, 0.15) is 19.4 Å². The Morgan fingerprint density at radius 2 is 1.91 bits per heavy atom. The van der Waals surface area contributed by atoms with Crippen molar-refractivity contribution in [2.24, 2.45) is 0 Å². The molecule has 3 aliphatic rings. The summed E-state index contributed by atoms with van der Waals surface area (Å²) in [4.78, 5) is 14.7. The molecule has 1 amide bonds. The molecule has 3 heterocycles. The highest BCUT2D eigenvalue weighted by Gasteiger charge is 2.39. The number of hydrogen-bond donors (Lipinski definition) is 1. The van der Waals surface area contributed by atoms with Gasteiger partial charge in [0.25, 0.3) is 5.91 Å². The summed E-state index contributed by atoms with van der Waals surface area (Å²) in [6.07, 6.45) is 2.02. The molecule has 1 aromatic rings. The van der Waals surface area contributed by atoms with Crippen molar-refractivity contribution in [3.05, 3.63) is 47.4 Å². The maximum Gasteiger partial charge on any atom is 0.260 e. The number of hydrogen-bond acceptors (Lipinski definition) is 4. The highest BCUT2D eigenvalue weighted by Crippen LogP contribution is 2.41. The molecule has 0 aliphatic carbocycles. The second kappa shape index (κ2) is 5.13. The Morgan fingerprint density at radius 3 is 2.70 bits per heavy atom. The summed E-state index contributed by atoms with van der Waals surface area (Å²) >= 11 is 0. The number of ether oxygens (including phenoxy) is 2. The van der Waals surface area contributed by atoms with Gasteiger partial charge in [0.15, 0.2) is 0 Å². The summed E-state index contributed by atoms with van der Waals surface area (Å²) < 4.78 is 11.6. The van der Waals surface area contributed by atoms with Gasteiger partial charge in [-0.2, -0.15) is 0 Å².